The average Bonchev–Trinajstić information content (AvgIpc) is 2.76. The highest BCUT2D eigenvalue weighted by Crippen LogP contribution is 2.11. The molecule has 3 N–H and O–H groups in total. The Hall–Kier alpha value is -0.920. The van der Waals surface area contributed by atoms with Gasteiger partial charge in [-0.15, -0.1) is 11.3 Å². The maximum atomic E-state index is 11.4. The second-order valence-electron chi connectivity index (χ2n) is 4.00. The summed E-state index contributed by atoms with van der Waals surface area (Å²) in [6, 6.07) is 4.04. The first-order valence-electron chi connectivity index (χ1n) is 5.77. The van der Waals surface area contributed by atoms with Gasteiger partial charge in [0.25, 0.3) is 0 Å². The van der Waals surface area contributed by atoms with Gasteiger partial charge in [0.2, 0.25) is 15.9 Å². The van der Waals surface area contributed by atoms with Gasteiger partial charge < -0.3 is 5.32 Å². The molecule has 0 saturated heterocycles. The molecule has 0 aliphatic rings. The van der Waals surface area contributed by atoms with Gasteiger partial charge in [0.15, 0.2) is 0 Å². The molecule has 1 amide bonds. The van der Waals surface area contributed by atoms with Crippen molar-refractivity contribution < 1.29 is 13.2 Å². The van der Waals surface area contributed by atoms with Gasteiger partial charge in [-0.25, -0.2) is 13.6 Å². The van der Waals surface area contributed by atoms with Gasteiger partial charge in [-0.1, -0.05) is 6.07 Å². The number of nitrogens with two attached hydrogens (primary N) is 1. The molecule has 1 rings (SSSR count). The Kier molecular flexibility index (Phi) is 6.31. The summed E-state index contributed by atoms with van der Waals surface area (Å²) in [6.45, 7) is 0.355. The number of carbonyl (C=O) groups is 1. The number of hydrogen-bond acceptors (Lipinski definition) is 4. The molecule has 0 fully saturated rings. The van der Waals surface area contributed by atoms with Crippen molar-refractivity contribution in [1.29, 1.82) is 0 Å². The van der Waals surface area contributed by atoms with E-state index in [0.29, 0.717) is 19.4 Å². The highest BCUT2D eigenvalue weighted by molar-refractivity contribution is 7.89. The number of nitrogens with one attached hydrogen (secondary N) is 1. The maximum absolute atomic E-state index is 11.4. The lowest BCUT2D eigenvalue weighted by molar-refractivity contribution is -0.121. The fraction of sp³-hybridized carbons (Fsp3) is 0.545. The fourth-order valence-electron chi connectivity index (χ4n) is 1.47. The molecule has 7 heteroatoms. The minimum absolute atomic E-state index is 0.0408. The van der Waals surface area contributed by atoms with Gasteiger partial charge >= 0.3 is 0 Å². The molecular weight excluding hydrogens is 272 g/mol. The molecule has 1 aromatic heterocycles. The van der Waals surface area contributed by atoms with Crippen LogP contribution in [0.5, 0.6) is 0 Å². The van der Waals surface area contributed by atoms with E-state index in [1.807, 2.05) is 11.4 Å². The maximum Gasteiger partial charge on any atom is 0.220 e. The number of aryl methyl sites for hydroxylation is 1. The SMILES string of the molecule is NS(=O)(=O)CCCNC(=O)CCCc1cccs1. The van der Waals surface area contributed by atoms with Crippen molar-refractivity contribution in [3.63, 3.8) is 0 Å². The molecule has 0 atom stereocenters. The lowest BCUT2D eigenvalue weighted by Gasteiger charge is -2.04. The van der Waals surface area contributed by atoms with Crippen LogP contribution in [0.3, 0.4) is 0 Å². The van der Waals surface area contributed by atoms with Gasteiger partial charge in [0, 0.05) is 17.8 Å². The Balaban J connectivity index is 2.04. The van der Waals surface area contributed by atoms with Crippen LogP contribution in [0.25, 0.3) is 0 Å². The average molecular weight is 290 g/mol. The summed E-state index contributed by atoms with van der Waals surface area (Å²) in [5.74, 6) is -0.136. The van der Waals surface area contributed by atoms with E-state index in [9.17, 15) is 13.2 Å². The van der Waals surface area contributed by atoms with Gasteiger partial charge in [-0.05, 0) is 30.7 Å². The van der Waals surface area contributed by atoms with E-state index in [1.165, 1.54) is 4.88 Å². The number of rotatable bonds is 8. The smallest absolute Gasteiger partial charge is 0.220 e. The molecule has 1 aromatic rings. The molecule has 0 aliphatic carbocycles. The van der Waals surface area contributed by atoms with E-state index in [2.05, 4.69) is 11.4 Å². The van der Waals surface area contributed by atoms with Crippen molar-refractivity contribution in [3.05, 3.63) is 22.4 Å². The molecule has 102 valence electrons. The normalized spacial score (nSPS) is 11.4. The topological polar surface area (TPSA) is 89.3 Å². The summed E-state index contributed by atoms with van der Waals surface area (Å²) in [4.78, 5) is 12.7. The summed E-state index contributed by atoms with van der Waals surface area (Å²) in [5, 5.41) is 9.54. The minimum atomic E-state index is -3.42. The third-order valence-electron chi connectivity index (χ3n) is 2.33. The van der Waals surface area contributed by atoms with Crippen molar-refractivity contribution in [3.8, 4) is 0 Å². The second kappa shape index (κ2) is 7.50. The quantitative estimate of drug-likeness (QED) is 0.696. The number of sulfonamides is 1. The van der Waals surface area contributed by atoms with Crippen molar-refractivity contribution >= 4 is 27.3 Å². The molecule has 18 heavy (non-hydrogen) atoms. The van der Waals surface area contributed by atoms with E-state index >= 15 is 0 Å². The molecule has 0 aromatic carbocycles. The van der Waals surface area contributed by atoms with E-state index in [-0.39, 0.29) is 11.7 Å². The molecule has 0 spiro atoms. The highest BCUT2D eigenvalue weighted by Gasteiger charge is 2.04. The van der Waals surface area contributed by atoms with Crippen LogP contribution in [0.2, 0.25) is 0 Å². The zero-order chi connectivity index (χ0) is 13.4. The van der Waals surface area contributed by atoms with Crippen LogP contribution in [0, 0.1) is 0 Å². The Bertz CT molecular complexity index is 455. The summed E-state index contributed by atoms with van der Waals surface area (Å²) >= 11 is 1.69. The molecule has 1 heterocycles. The number of thiophene rings is 1. The molecule has 0 bridgehead atoms. The molecule has 0 unspecified atom stereocenters. The minimum Gasteiger partial charge on any atom is -0.356 e. The first-order valence-corrected chi connectivity index (χ1v) is 8.36. The summed E-state index contributed by atoms with van der Waals surface area (Å²) in [7, 11) is -3.42. The first kappa shape index (κ1) is 15.1. The van der Waals surface area contributed by atoms with Gasteiger partial charge in [-0.2, -0.15) is 0 Å². The van der Waals surface area contributed by atoms with E-state index < -0.39 is 10.0 Å². The van der Waals surface area contributed by atoms with Crippen molar-refractivity contribution in [2.45, 2.75) is 25.7 Å². The lowest BCUT2D eigenvalue weighted by Crippen LogP contribution is -2.27. The highest BCUT2D eigenvalue weighted by atomic mass is 32.2. The zero-order valence-corrected chi connectivity index (χ0v) is 11.7. The predicted octanol–water partition coefficient (Wildman–Crippen LogP) is 0.866. The Labute approximate surface area is 111 Å². The molecule has 0 aliphatic heterocycles. The van der Waals surface area contributed by atoms with Crippen LogP contribution < -0.4 is 10.5 Å². The van der Waals surface area contributed by atoms with Crippen LogP contribution >= 0.6 is 11.3 Å². The van der Waals surface area contributed by atoms with Crippen LogP contribution in [0.4, 0.5) is 0 Å². The fourth-order valence-corrected chi connectivity index (χ4v) is 2.77. The monoisotopic (exact) mass is 290 g/mol. The number of amides is 1. The number of hydrogen-bond donors (Lipinski definition) is 2. The van der Waals surface area contributed by atoms with Crippen molar-refractivity contribution in [2.24, 2.45) is 5.14 Å². The summed E-state index contributed by atoms with van der Waals surface area (Å²) < 4.78 is 21.3. The Morgan fingerprint density at radius 2 is 2.17 bits per heavy atom. The molecule has 0 saturated carbocycles. The molecule has 0 radical (unpaired) electrons. The standard InChI is InChI=1S/C11H18N2O3S2/c12-18(15,16)9-3-7-13-11(14)6-1-4-10-5-2-8-17-10/h2,5,8H,1,3-4,6-7,9H2,(H,13,14)(H2,12,15,16). The van der Waals surface area contributed by atoms with E-state index in [4.69, 9.17) is 5.14 Å². The third kappa shape index (κ3) is 7.41. The lowest BCUT2D eigenvalue weighted by atomic mass is 10.2. The molecular formula is C11H18N2O3S2. The number of primary sulfonamides is 1. The van der Waals surface area contributed by atoms with Crippen LogP contribution in [0.1, 0.15) is 24.1 Å². The predicted molar refractivity (Wildman–Crippen MR) is 72.9 cm³/mol. The number of carbonyl (C=O) groups excluding carboxylic acids is 1. The van der Waals surface area contributed by atoms with E-state index in [1.54, 1.807) is 11.3 Å². The zero-order valence-electron chi connectivity index (χ0n) is 10.1. The van der Waals surface area contributed by atoms with Gasteiger partial charge in [0.1, 0.15) is 0 Å². The van der Waals surface area contributed by atoms with Crippen LogP contribution in [0.15, 0.2) is 17.5 Å². The van der Waals surface area contributed by atoms with Gasteiger partial charge in [-0.3, -0.25) is 4.79 Å². The first-order chi connectivity index (χ1) is 8.47. The van der Waals surface area contributed by atoms with Gasteiger partial charge in [0.05, 0.1) is 5.75 Å². The largest absolute Gasteiger partial charge is 0.356 e. The summed E-state index contributed by atoms with van der Waals surface area (Å²) in [5.41, 5.74) is 0. The van der Waals surface area contributed by atoms with Crippen molar-refractivity contribution in [1.82, 2.24) is 5.32 Å². The van der Waals surface area contributed by atoms with E-state index in [0.717, 1.165) is 12.8 Å². The summed E-state index contributed by atoms with van der Waals surface area (Å²) in [6.07, 6.45) is 2.53. The third-order valence-corrected chi connectivity index (χ3v) is 4.13. The Morgan fingerprint density at radius 3 is 2.78 bits per heavy atom. The second-order valence-corrected chi connectivity index (χ2v) is 6.77. The van der Waals surface area contributed by atoms with Crippen LogP contribution in [-0.2, 0) is 21.2 Å². The Morgan fingerprint density at radius 1 is 1.39 bits per heavy atom. The van der Waals surface area contributed by atoms with Crippen molar-refractivity contribution in [2.75, 3.05) is 12.3 Å². The van der Waals surface area contributed by atoms with Crippen LogP contribution in [-0.4, -0.2) is 26.6 Å². The molecule has 5 nitrogen and oxygen atoms in total.